The summed E-state index contributed by atoms with van der Waals surface area (Å²) < 4.78 is 4.47. The van der Waals surface area contributed by atoms with Crippen molar-refractivity contribution in [2.45, 2.75) is 18.9 Å². The Morgan fingerprint density at radius 2 is 1.71 bits per heavy atom. The van der Waals surface area contributed by atoms with Crippen LogP contribution in [0.4, 0.5) is 0 Å². The van der Waals surface area contributed by atoms with Gasteiger partial charge in [0.2, 0.25) is 5.91 Å². The Morgan fingerprint density at radius 3 is 2.25 bits per heavy atom. The van der Waals surface area contributed by atoms with E-state index in [-0.39, 0.29) is 24.0 Å². The number of ether oxygens (including phenoxy) is 1. The predicted octanol–water partition coefficient (Wildman–Crippen LogP) is -0.0268. The highest BCUT2D eigenvalue weighted by Gasteiger charge is 2.47. The van der Waals surface area contributed by atoms with Crippen LogP contribution in [0.25, 0.3) is 0 Å². The van der Waals surface area contributed by atoms with E-state index in [9.17, 15) is 24.0 Å². The highest BCUT2D eigenvalue weighted by molar-refractivity contribution is 6.23. The van der Waals surface area contributed by atoms with Crippen molar-refractivity contribution in [2.75, 3.05) is 13.7 Å². The van der Waals surface area contributed by atoms with Crippen LogP contribution in [-0.4, -0.2) is 59.1 Å². The summed E-state index contributed by atoms with van der Waals surface area (Å²) in [5, 5.41) is 0. The zero-order chi connectivity index (χ0) is 17.4. The fourth-order valence-electron chi connectivity index (χ4n) is 2.91. The molecule has 1 aromatic carbocycles. The van der Waals surface area contributed by atoms with Crippen LogP contribution in [-0.2, 0) is 19.1 Å². The van der Waals surface area contributed by atoms with E-state index >= 15 is 0 Å². The number of hydrogen-bond acceptors (Lipinski definition) is 6. The second-order valence-corrected chi connectivity index (χ2v) is 5.47. The fourth-order valence-corrected chi connectivity index (χ4v) is 2.91. The minimum atomic E-state index is -1.10. The smallest absolute Gasteiger partial charge is 0.325 e. The SMILES string of the molecule is COC(=O)CN1C(=O)CC[C@H](N2C(=O)c3ccccc3C2=O)C1=O. The number of amides is 4. The van der Waals surface area contributed by atoms with E-state index in [1.807, 2.05) is 0 Å². The molecule has 0 bridgehead atoms. The van der Waals surface area contributed by atoms with Crippen molar-refractivity contribution < 1.29 is 28.7 Å². The molecule has 0 spiro atoms. The van der Waals surface area contributed by atoms with Gasteiger partial charge in [-0.25, -0.2) is 0 Å². The number of methoxy groups -OCH3 is 1. The van der Waals surface area contributed by atoms with Gasteiger partial charge in [0.05, 0.1) is 18.2 Å². The third-order valence-corrected chi connectivity index (χ3v) is 4.14. The normalized spacial score (nSPS) is 20.5. The van der Waals surface area contributed by atoms with Crippen LogP contribution >= 0.6 is 0 Å². The molecule has 1 fully saturated rings. The van der Waals surface area contributed by atoms with E-state index in [4.69, 9.17) is 0 Å². The zero-order valence-corrected chi connectivity index (χ0v) is 12.9. The van der Waals surface area contributed by atoms with Crippen LogP contribution in [0.1, 0.15) is 33.6 Å². The first-order chi connectivity index (χ1) is 11.5. The van der Waals surface area contributed by atoms with Crippen molar-refractivity contribution in [1.29, 1.82) is 0 Å². The lowest BCUT2D eigenvalue weighted by Gasteiger charge is -2.33. The van der Waals surface area contributed by atoms with Crippen LogP contribution in [0.3, 0.4) is 0 Å². The Kier molecular flexibility index (Phi) is 3.88. The molecule has 0 aliphatic carbocycles. The first kappa shape index (κ1) is 15.9. The molecule has 1 atom stereocenters. The number of hydrogen-bond donors (Lipinski definition) is 0. The average molecular weight is 330 g/mol. The molecule has 8 heteroatoms. The number of esters is 1. The maximum absolute atomic E-state index is 12.6. The minimum absolute atomic E-state index is 0.0409. The van der Waals surface area contributed by atoms with Crippen LogP contribution < -0.4 is 0 Å². The Morgan fingerprint density at radius 1 is 1.12 bits per heavy atom. The summed E-state index contributed by atoms with van der Waals surface area (Å²) in [6, 6.07) is 5.19. The van der Waals surface area contributed by atoms with Gasteiger partial charge >= 0.3 is 5.97 Å². The van der Waals surface area contributed by atoms with Crippen molar-refractivity contribution in [1.82, 2.24) is 9.80 Å². The molecule has 2 heterocycles. The molecule has 2 aliphatic heterocycles. The van der Waals surface area contributed by atoms with E-state index in [0.29, 0.717) is 0 Å². The summed E-state index contributed by atoms with van der Waals surface area (Å²) in [6.45, 7) is -0.534. The van der Waals surface area contributed by atoms with Crippen molar-refractivity contribution >= 4 is 29.6 Å². The van der Waals surface area contributed by atoms with Crippen LogP contribution in [0.5, 0.6) is 0 Å². The van der Waals surface area contributed by atoms with Gasteiger partial charge in [-0.05, 0) is 18.6 Å². The summed E-state index contributed by atoms with van der Waals surface area (Å²) in [5.74, 6) is -3.16. The summed E-state index contributed by atoms with van der Waals surface area (Å²) in [5.41, 5.74) is 0.457. The number of imide groups is 2. The highest BCUT2D eigenvalue weighted by Crippen LogP contribution is 2.28. The Balaban J connectivity index is 1.89. The molecule has 0 aromatic heterocycles. The van der Waals surface area contributed by atoms with Crippen molar-refractivity contribution in [3.05, 3.63) is 35.4 Å². The van der Waals surface area contributed by atoms with Gasteiger partial charge < -0.3 is 4.74 Å². The highest BCUT2D eigenvalue weighted by atomic mass is 16.5. The number of benzene rings is 1. The lowest BCUT2D eigenvalue weighted by atomic mass is 10.0. The Hall–Kier alpha value is -3.03. The van der Waals surface area contributed by atoms with E-state index in [0.717, 1.165) is 16.9 Å². The molecule has 24 heavy (non-hydrogen) atoms. The van der Waals surface area contributed by atoms with Gasteiger partial charge in [-0.15, -0.1) is 0 Å². The third kappa shape index (κ3) is 2.36. The van der Waals surface area contributed by atoms with Crippen LogP contribution in [0.15, 0.2) is 24.3 Å². The van der Waals surface area contributed by atoms with Gasteiger partial charge in [0.1, 0.15) is 12.6 Å². The van der Waals surface area contributed by atoms with Gasteiger partial charge in [0.15, 0.2) is 0 Å². The first-order valence-electron chi connectivity index (χ1n) is 7.33. The molecule has 0 saturated carbocycles. The Bertz CT molecular complexity index is 737. The molecule has 2 aliphatic rings. The van der Waals surface area contributed by atoms with E-state index in [1.54, 1.807) is 12.1 Å². The molecular formula is C16H14N2O6. The lowest BCUT2D eigenvalue weighted by Crippen LogP contribution is -2.57. The first-order valence-corrected chi connectivity index (χ1v) is 7.33. The lowest BCUT2D eigenvalue weighted by molar-refractivity contribution is -0.158. The number of carbonyl (C=O) groups excluding carboxylic acids is 5. The number of fused-ring (bicyclic) bond motifs is 1. The van der Waals surface area contributed by atoms with Crippen molar-refractivity contribution in [3.8, 4) is 0 Å². The minimum Gasteiger partial charge on any atom is -0.468 e. The number of piperidine rings is 1. The molecular weight excluding hydrogens is 316 g/mol. The molecule has 124 valence electrons. The number of rotatable bonds is 3. The monoisotopic (exact) mass is 330 g/mol. The van der Waals surface area contributed by atoms with Crippen molar-refractivity contribution in [2.24, 2.45) is 0 Å². The molecule has 4 amide bonds. The third-order valence-electron chi connectivity index (χ3n) is 4.14. The Labute approximate surface area is 137 Å². The second-order valence-electron chi connectivity index (χ2n) is 5.47. The summed E-state index contributed by atoms with van der Waals surface area (Å²) in [4.78, 5) is 62.4. The van der Waals surface area contributed by atoms with Gasteiger partial charge in [0.25, 0.3) is 17.7 Å². The van der Waals surface area contributed by atoms with E-state index in [2.05, 4.69) is 4.74 Å². The molecule has 0 N–H and O–H groups in total. The largest absolute Gasteiger partial charge is 0.468 e. The van der Waals surface area contributed by atoms with Gasteiger partial charge in [-0.1, -0.05) is 12.1 Å². The van der Waals surface area contributed by atoms with Gasteiger partial charge in [-0.3, -0.25) is 33.8 Å². The molecule has 1 saturated heterocycles. The standard InChI is InChI=1S/C16H14N2O6/c1-24-13(20)8-17-12(19)7-6-11(16(17)23)18-14(21)9-4-2-3-5-10(9)15(18)22/h2-5,11H,6-8H2,1H3/t11-/m0/s1. The number of carbonyl (C=O) groups is 5. The fraction of sp³-hybridized carbons (Fsp3) is 0.312. The molecule has 0 radical (unpaired) electrons. The van der Waals surface area contributed by atoms with Gasteiger partial charge in [0, 0.05) is 6.42 Å². The molecule has 8 nitrogen and oxygen atoms in total. The number of nitrogens with zero attached hydrogens (tertiary/aromatic N) is 2. The maximum atomic E-state index is 12.6. The quantitative estimate of drug-likeness (QED) is 0.570. The maximum Gasteiger partial charge on any atom is 0.325 e. The zero-order valence-electron chi connectivity index (χ0n) is 12.9. The van der Waals surface area contributed by atoms with Crippen LogP contribution in [0.2, 0.25) is 0 Å². The molecule has 3 rings (SSSR count). The number of likely N-dealkylation sites (tertiary alicyclic amines) is 1. The van der Waals surface area contributed by atoms with Crippen molar-refractivity contribution in [3.63, 3.8) is 0 Å². The summed E-state index contributed by atoms with van der Waals surface area (Å²) >= 11 is 0. The average Bonchev–Trinajstić information content (AvgIpc) is 2.83. The van der Waals surface area contributed by atoms with E-state index in [1.165, 1.54) is 12.1 Å². The van der Waals surface area contributed by atoms with Gasteiger partial charge in [-0.2, -0.15) is 0 Å². The predicted molar refractivity (Wildman–Crippen MR) is 78.7 cm³/mol. The second kappa shape index (κ2) is 5.88. The topological polar surface area (TPSA) is 101 Å². The molecule has 0 unspecified atom stereocenters. The summed E-state index contributed by atoms with van der Waals surface area (Å²) in [6.07, 6.45) is 0.00160. The molecule has 1 aromatic rings. The van der Waals surface area contributed by atoms with Crippen LogP contribution in [0, 0.1) is 0 Å². The van der Waals surface area contributed by atoms with E-state index < -0.39 is 42.2 Å². The summed E-state index contributed by atoms with van der Waals surface area (Å²) in [7, 11) is 1.14.